The van der Waals surface area contributed by atoms with E-state index in [1.807, 2.05) is 91.0 Å². The van der Waals surface area contributed by atoms with Crippen molar-refractivity contribution in [3.8, 4) is 0 Å². The Morgan fingerprint density at radius 1 is 0.667 bits per heavy atom. The minimum atomic E-state index is -0.497. The lowest BCUT2D eigenvalue weighted by Gasteiger charge is -2.11. The van der Waals surface area contributed by atoms with Crippen LogP contribution in [0, 0.1) is 0 Å². The number of aliphatic imine (C=N–C) groups is 2. The molecular weight excluding hydrogens is 528 g/mol. The average Bonchev–Trinajstić information content (AvgIpc) is 2.99. The van der Waals surface area contributed by atoms with Gasteiger partial charge in [-0.2, -0.15) is 0 Å². The summed E-state index contributed by atoms with van der Waals surface area (Å²) in [5.41, 5.74) is 22.6. The molecule has 3 amide bonds. The first kappa shape index (κ1) is 29.3. The lowest BCUT2D eigenvalue weighted by molar-refractivity contribution is 0.0950. The predicted octanol–water partition coefficient (Wildman–Crippen LogP) is 3.43. The van der Waals surface area contributed by atoms with Crippen LogP contribution in [-0.2, 0) is 26.1 Å². The average molecular weight is 563 g/mol. The molecule has 214 valence electrons. The van der Waals surface area contributed by atoms with Crippen molar-refractivity contribution in [1.82, 2.24) is 16.0 Å². The normalized spacial score (nSPS) is 10.9. The first-order valence-electron chi connectivity index (χ1n) is 13.4. The molecule has 10 nitrogen and oxygen atoms in total. The van der Waals surface area contributed by atoms with E-state index in [1.54, 1.807) is 12.1 Å². The van der Waals surface area contributed by atoms with Crippen LogP contribution in [0.3, 0.4) is 0 Å². The molecule has 0 unspecified atom stereocenters. The topological polar surface area (TPSA) is 173 Å². The molecule has 10 heteroatoms. The molecule has 4 aromatic carbocycles. The number of nitrogens with zero attached hydrogens (tertiary/aromatic N) is 2. The third kappa shape index (κ3) is 9.23. The molecule has 0 radical (unpaired) electrons. The van der Waals surface area contributed by atoms with Crippen LogP contribution >= 0.6 is 0 Å². The van der Waals surface area contributed by atoms with Gasteiger partial charge in [0.2, 0.25) is 5.96 Å². The Morgan fingerprint density at radius 2 is 1.31 bits per heavy atom. The van der Waals surface area contributed by atoms with Crippen LogP contribution < -0.4 is 33.2 Å². The fraction of sp³-hybridized carbons (Fsp3) is 0.125. The van der Waals surface area contributed by atoms with Crippen LogP contribution in [0.5, 0.6) is 0 Å². The molecule has 9 N–H and O–H groups in total. The first-order chi connectivity index (χ1) is 20.4. The van der Waals surface area contributed by atoms with Crippen LogP contribution in [0.25, 0.3) is 0 Å². The maximum atomic E-state index is 13.0. The zero-order valence-electron chi connectivity index (χ0n) is 23.1. The Kier molecular flexibility index (Phi) is 10.2. The van der Waals surface area contributed by atoms with E-state index in [-0.39, 0.29) is 24.4 Å². The summed E-state index contributed by atoms with van der Waals surface area (Å²) in [7, 11) is 0. The van der Waals surface area contributed by atoms with E-state index in [2.05, 4.69) is 25.9 Å². The fourth-order valence-corrected chi connectivity index (χ4v) is 4.26. The van der Waals surface area contributed by atoms with Crippen molar-refractivity contribution in [2.45, 2.75) is 26.1 Å². The molecule has 0 saturated carbocycles. The third-order valence-corrected chi connectivity index (χ3v) is 6.24. The van der Waals surface area contributed by atoms with Gasteiger partial charge in [-0.3, -0.25) is 10.1 Å². The Labute approximate surface area is 244 Å². The van der Waals surface area contributed by atoms with Crippen molar-refractivity contribution in [2.75, 3.05) is 0 Å². The summed E-state index contributed by atoms with van der Waals surface area (Å²) >= 11 is 0. The molecule has 0 heterocycles. The highest BCUT2D eigenvalue weighted by Gasteiger charge is 2.11. The molecule has 42 heavy (non-hydrogen) atoms. The summed E-state index contributed by atoms with van der Waals surface area (Å²) in [5, 5.41) is 8.25. The number of rotatable bonds is 10. The molecule has 0 aliphatic rings. The van der Waals surface area contributed by atoms with Crippen LogP contribution in [0.15, 0.2) is 113 Å². The molecule has 0 fully saturated rings. The smallest absolute Gasteiger partial charge is 0.321 e. The van der Waals surface area contributed by atoms with Gasteiger partial charge in [0.1, 0.15) is 0 Å². The summed E-state index contributed by atoms with van der Waals surface area (Å²) in [6.45, 7) is 0.933. The maximum absolute atomic E-state index is 13.0. The lowest BCUT2D eigenvalue weighted by Crippen LogP contribution is -2.42. The molecule has 0 spiro atoms. The van der Waals surface area contributed by atoms with Gasteiger partial charge in [-0.25, -0.2) is 14.8 Å². The number of nitrogens with two attached hydrogens (primary N) is 3. The first-order valence-corrected chi connectivity index (χ1v) is 13.4. The van der Waals surface area contributed by atoms with Crippen LogP contribution in [0.1, 0.15) is 38.2 Å². The van der Waals surface area contributed by atoms with Gasteiger partial charge in [-0.15, -0.1) is 0 Å². The van der Waals surface area contributed by atoms with Crippen molar-refractivity contribution in [2.24, 2.45) is 27.2 Å². The highest BCUT2D eigenvalue weighted by Crippen LogP contribution is 2.16. The monoisotopic (exact) mass is 562 g/mol. The van der Waals surface area contributed by atoms with Gasteiger partial charge in [-0.05, 0) is 52.4 Å². The van der Waals surface area contributed by atoms with E-state index < -0.39 is 6.03 Å². The number of amides is 3. The molecule has 0 atom stereocenters. The van der Waals surface area contributed by atoms with Crippen molar-refractivity contribution in [3.05, 3.63) is 137 Å². The maximum Gasteiger partial charge on any atom is 0.321 e. The van der Waals surface area contributed by atoms with Crippen molar-refractivity contribution in [1.29, 1.82) is 0 Å². The van der Waals surface area contributed by atoms with E-state index in [0.29, 0.717) is 30.8 Å². The van der Waals surface area contributed by atoms with Crippen molar-refractivity contribution < 1.29 is 9.59 Å². The Balaban J connectivity index is 1.30. The fourth-order valence-electron chi connectivity index (χ4n) is 4.26. The third-order valence-electron chi connectivity index (χ3n) is 6.24. The zero-order chi connectivity index (χ0) is 29.7. The van der Waals surface area contributed by atoms with Gasteiger partial charge in [-0.1, -0.05) is 84.9 Å². The van der Waals surface area contributed by atoms with E-state index >= 15 is 0 Å². The molecule has 4 rings (SSSR count). The number of nitrogens with one attached hydrogen (secondary N) is 3. The summed E-state index contributed by atoms with van der Waals surface area (Å²) in [6.07, 6.45) is 0.667. The summed E-state index contributed by atoms with van der Waals surface area (Å²) in [6, 6.07) is 31.9. The van der Waals surface area contributed by atoms with E-state index in [0.717, 1.165) is 27.8 Å². The highest BCUT2D eigenvalue weighted by molar-refractivity contribution is 5.96. The van der Waals surface area contributed by atoms with Gasteiger partial charge in [0.15, 0.2) is 5.96 Å². The Hall–Kier alpha value is -5.64. The van der Waals surface area contributed by atoms with E-state index in [4.69, 9.17) is 17.2 Å². The SMILES string of the molecule is NC(N)=NCc1cccc(CNC(=O)NC(N)=Nc2cccc(CNC(=O)c3ccccc3Cc3ccccc3)c2)c1. The van der Waals surface area contributed by atoms with Crippen LogP contribution in [-0.4, -0.2) is 23.9 Å². The predicted molar refractivity (Wildman–Crippen MR) is 166 cm³/mol. The van der Waals surface area contributed by atoms with E-state index in [1.165, 1.54) is 0 Å². The summed E-state index contributed by atoms with van der Waals surface area (Å²) < 4.78 is 0. The number of benzene rings is 4. The quantitative estimate of drug-likeness (QED) is 0.128. The second kappa shape index (κ2) is 14.7. The molecular formula is C32H34N8O2. The minimum Gasteiger partial charge on any atom is -0.370 e. The van der Waals surface area contributed by atoms with Gasteiger partial charge in [0, 0.05) is 18.7 Å². The molecule has 4 aromatic rings. The Morgan fingerprint density at radius 3 is 2.10 bits per heavy atom. The van der Waals surface area contributed by atoms with Gasteiger partial charge >= 0.3 is 6.03 Å². The second-order valence-electron chi connectivity index (χ2n) is 9.54. The number of carbonyl (C=O) groups is 2. The molecule has 0 aliphatic heterocycles. The highest BCUT2D eigenvalue weighted by atomic mass is 16.2. The molecule has 0 aliphatic carbocycles. The van der Waals surface area contributed by atoms with Gasteiger partial charge in [0.25, 0.3) is 5.91 Å². The number of hydrogen-bond donors (Lipinski definition) is 6. The van der Waals surface area contributed by atoms with Gasteiger partial charge in [0.05, 0.1) is 12.2 Å². The summed E-state index contributed by atoms with van der Waals surface area (Å²) in [5.74, 6) is -0.205. The number of urea groups is 1. The molecule has 0 saturated heterocycles. The lowest BCUT2D eigenvalue weighted by atomic mass is 9.99. The van der Waals surface area contributed by atoms with E-state index in [9.17, 15) is 9.59 Å². The van der Waals surface area contributed by atoms with Crippen molar-refractivity contribution >= 4 is 29.5 Å². The van der Waals surface area contributed by atoms with Gasteiger partial charge < -0.3 is 27.8 Å². The Bertz CT molecular complexity index is 1580. The number of guanidine groups is 2. The zero-order valence-corrected chi connectivity index (χ0v) is 23.1. The molecule has 0 bridgehead atoms. The van der Waals surface area contributed by atoms with Crippen LogP contribution in [0.4, 0.5) is 10.5 Å². The molecule has 0 aromatic heterocycles. The summed E-state index contributed by atoms with van der Waals surface area (Å²) in [4.78, 5) is 33.7. The number of carbonyl (C=O) groups excluding carboxylic acids is 2. The number of hydrogen-bond acceptors (Lipinski definition) is 4. The minimum absolute atomic E-state index is 0.0169. The van der Waals surface area contributed by atoms with Crippen molar-refractivity contribution in [3.63, 3.8) is 0 Å². The second-order valence-corrected chi connectivity index (χ2v) is 9.54. The van der Waals surface area contributed by atoms with Crippen LogP contribution in [0.2, 0.25) is 0 Å². The standard InChI is InChI=1S/C32H34N8O2/c33-30(34)37-20-23-10-6-11-24(16-23)21-38-32(42)40-31(35)39-27-14-7-12-25(18-27)19-36-29(41)28-15-5-4-13-26(28)17-22-8-2-1-3-9-22/h1-16,18H,17,19-21H2,(H,36,41)(H4,33,34,37)(H4,35,38,39,40,42). The largest absolute Gasteiger partial charge is 0.370 e.